The van der Waals surface area contributed by atoms with Crippen molar-refractivity contribution < 1.29 is 13.3 Å². The summed E-state index contributed by atoms with van der Waals surface area (Å²) in [6.07, 6.45) is 7.44. The molecule has 31 heavy (non-hydrogen) atoms. The van der Waals surface area contributed by atoms with Gasteiger partial charge in [-0.3, -0.25) is 9.29 Å². The van der Waals surface area contributed by atoms with E-state index in [1.165, 1.54) is 15.6 Å². The Morgan fingerprint density at radius 2 is 2.13 bits per heavy atom. The van der Waals surface area contributed by atoms with Gasteiger partial charge in [0.15, 0.2) is 5.82 Å². The van der Waals surface area contributed by atoms with Crippen LogP contribution in [-0.2, 0) is 14.9 Å². The summed E-state index contributed by atoms with van der Waals surface area (Å²) in [5.74, 6) is 0.269. The molecule has 3 aromatic rings. The van der Waals surface area contributed by atoms with Gasteiger partial charge in [-0.2, -0.15) is 0 Å². The molecule has 0 aromatic carbocycles. The van der Waals surface area contributed by atoms with Crippen molar-refractivity contribution in [3.63, 3.8) is 0 Å². The van der Waals surface area contributed by atoms with Crippen LogP contribution in [0.4, 0.5) is 5.82 Å². The maximum atomic E-state index is 12.3. The molecular weight excluding hydrogens is 436 g/mol. The average molecular weight is 459 g/mol. The zero-order chi connectivity index (χ0) is 22.0. The molecule has 0 saturated carbocycles. The molecule has 4 heterocycles. The third-order valence-electron chi connectivity index (χ3n) is 4.62. The van der Waals surface area contributed by atoms with Crippen molar-refractivity contribution in [2.45, 2.75) is 26.7 Å². The van der Waals surface area contributed by atoms with Crippen molar-refractivity contribution in [2.75, 3.05) is 23.7 Å². The highest BCUT2D eigenvalue weighted by atomic mass is 32.2. The molecule has 1 aliphatic rings. The first kappa shape index (κ1) is 21.3. The molecule has 0 fully saturated rings. The molecule has 0 radical (unpaired) electrons. The van der Waals surface area contributed by atoms with Crippen molar-refractivity contribution in [3.8, 4) is 21.1 Å². The van der Waals surface area contributed by atoms with Crippen LogP contribution in [0.1, 0.15) is 31.2 Å². The topological polar surface area (TPSA) is 111 Å². The van der Waals surface area contributed by atoms with Gasteiger partial charge in [0, 0.05) is 30.9 Å². The van der Waals surface area contributed by atoms with Crippen LogP contribution in [0.5, 0.6) is 0 Å². The lowest BCUT2D eigenvalue weighted by Crippen LogP contribution is -2.38. The van der Waals surface area contributed by atoms with Gasteiger partial charge in [0.25, 0.3) is 0 Å². The molecule has 0 atom stereocenters. The first-order valence-electron chi connectivity index (χ1n) is 9.80. The van der Waals surface area contributed by atoms with Crippen molar-refractivity contribution >= 4 is 32.9 Å². The van der Waals surface area contributed by atoms with E-state index in [0.717, 1.165) is 33.8 Å². The number of pyridine rings is 1. The van der Waals surface area contributed by atoms with Crippen LogP contribution in [0.25, 0.3) is 21.1 Å². The number of thiazole rings is 1. The summed E-state index contributed by atoms with van der Waals surface area (Å²) in [6.45, 7) is 4.63. The molecule has 162 valence electrons. The van der Waals surface area contributed by atoms with Crippen molar-refractivity contribution in [2.24, 2.45) is 5.16 Å². The molecule has 9 nitrogen and oxygen atoms in total. The SMILES string of the molecule is CCCON=C1CCN(S(C)(=O)=O)c2ncc(-c3sc(-c4cccnc4)nc3C)nc21. The molecule has 3 aromatic heterocycles. The minimum Gasteiger partial charge on any atom is -0.396 e. The molecule has 0 bridgehead atoms. The number of nitrogens with zero attached hydrogens (tertiary/aromatic N) is 6. The molecule has 0 aliphatic carbocycles. The van der Waals surface area contributed by atoms with E-state index in [-0.39, 0.29) is 12.4 Å². The first-order chi connectivity index (χ1) is 14.9. The Bertz CT molecular complexity index is 1220. The van der Waals surface area contributed by atoms with E-state index < -0.39 is 10.0 Å². The lowest BCUT2D eigenvalue weighted by Gasteiger charge is -2.27. The summed E-state index contributed by atoms with van der Waals surface area (Å²) in [4.78, 5) is 24.2. The van der Waals surface area contributed by atoms with Gasteiger partial charge >= 0.3 is 0 Å². The minimum absolute atomic E-state index is 0.249. The van der Waals surface area contributed by atoms with Crippen molar-refractivity contribution in [1.29, 1.82) is 0 Å². The quantitative estimate of drug-likeness (QED) is 0.412. The largest absolute Gasteiger partial charge is 0.396 e. The Labute approximate surface area is 184 Å². The summed E-state index contributed by atoms with van der Waals surface area (Å²) >= 11 is 1.49. The van der Waals surface area contributed by atoms with E-state index in [1.807, 2.05) is 26.0 Å². The smallest absolute Gasteiger partial charge is 0.233 e. The predicted molar refractivity (Wildman–Crippen MR) is 121 cm³/mol. The van der Waals surface area contributed by atoms with Crippen LogP contribution in [0.2, 0.25) is 0 Å². The highest BCUT2D eigenvalue weighted by molar-refractivity contribution is 7.92. The number of rotatable bonds is 6. The number of aromatic nitrogens is 4. The lowest BCUT2D eigenvalue weighted by molar-refractivity contribution is 0.144. The second-order valence-electron chi connectivity index (χ2n) is 7.06. The van der Waals surface area contributed by atoms with Gasteiger partial charge in [-0.25, -0.2) is 23.4 Å². The Morgan fingerprint density at radius 3 is 2.84 bits per heavy atom. The Kier molecular flexibility index (Phi) is 5.96. The van der Waals surface area contributed by atoms with Crippen LogP contribution in [0, 0.1) is 6.92 Å². The van der Waals surface area contributed by atoms with Crippen LogP contribution in [0.15, 0.2) is 35.9 Å². The number of sulfonamides is 1. The number of aryl methyl sites for hydroxylation is 1. The fourth-order valence-corrected chi connectivity index (χ4v) is 5.05. The van der Waals surface area contributed by atoms with E-state index >= 15 is 0 Å². The second-order valence-corrected chi connectivity index (χ2v) is 9.96. The molecule has 0 unspecified atom stereocenters. The van der Waals surface area contributed by atoms with Crippen molar-refractivity contribution in [1.82, 2.24) is 19.9 Å². The summed E-state index contributed by atoms with van der Waals surface area (Å²) < 4.78 is 25.8. The highest BCUT2D eigenvalue weighted by Crippen LogP contribution is 2.35. The number of fused-ring (bicyclic) bond motifs is 1. The summed E-state index contributed by atoms with van der Waals surface area (Å²) in [5, 5.41) is 5.04. The van der Waals surface area contributed by atoms with Crippen LogP contribution in [0.3, 0.4) is 0 Å². The highest BCUT2D eigenvalue weighted by Gasteiger charge is 2.31. The second kappa shape index (κ2) is 8.67. The van der Waals surface area contributed by atoms with E-state index in [9.17, 15) is 8.42 Å². The number of oxime groups is 1. The standard InChI is InChI=1S/C20H22N6O3S2/c1-4-10-29-25-15-7-9-26(31(3,27)28)19-17(15)24-16(12-22-19)18-13(2)23-20(30-18)14-6-5-8-21-11-14/h5-6,8,11-12H,4,7,9-10H2,1-3H3. The van der Waals surface area contributed by atoms with E-state index in [2.05, 4.69) is 20.1 Å². The molecular formula is C20H22N6O3S2. The maximum absolute atomic E-state index is 12.3. The third-order valence-corrected chi connectivity index (χ3v) is 7.01. The Morgan fingerprint density at radius 1 is 1.29 bits per heavy atom. The number of anilines is 1. The van der Waals surface area contributed by atoms with Gasteiger partial charge in [-0.1, -0.05) is 12.1 Å². The average Bonchev–Trinajstić information content (AvgIpc) is 3.15. The Balaban J connectivity index is 1.79. The van der Waals surface area contributed by atoms with Crippen LogP contribution < -0.4 is 4.31 Å². The monoisotopic (exact) mass is 458 g/mol. The molecule has 0 spiro atoms. The van der Waals surface area contributed by atoms with E-state index in [4.69, 9.17) is 9.82 Å². The predicted octanol–water partition coefficient (Wildman–Crippen LogP) is 3.27. The number of hydrogen-bond acceptors (Lipinski definition) is 9. The van der Waals surface area contributed by atoms with E-state index in [1.54, 1.807) is 18.6 Å². The zero-order valence-corrected chi connectivity index (χ0v) is 19.1. The molecule has 4 rings (SSSR count). The van der Waals surface area contributed by atoms with Gasteiger partial charge in [-0.15, -0.1) is 11.3 Å². The van der Waals surface area contributed by atoms with Crippen LogP contribution in [-0.4, -0.2) is 53.5 Å². The summed E-state index contributed by atoms with van der Waals surface area (Å²) in [5.41, 5.74) is 3.36. The molecule has 0 saturated heterocycles. The van der Waals surface area contributed by atoms with E-state index in [0.29, 0.717) is 30.1 Å². The molecule has 1 aliphatic heterocycles. The lowest BCUT2D eigenvalue weighted by atomic mass is 10.1. The number of hydrogen-bond donors (Lipinski definition) is 0. The third kappa shape index (κ3) is 4.42. The molecule has 11 heteroatoms. The maximum Gasteiger partial charge on any atom is 0.233 e. The fourth-order valence-electron chi connectivity index (χ4n) is 3.17. The first-order valence-corrected chi connectivity index (χ1v) is 12.5. The van der Waals surface area contributed by atoms with Gasteiger partial charge in [0.2, 0.25) is 10.0 Å². The van der Waals surface area contributed by atoms with Gasteiger partial charge < -0.3 is 4.84 Å². The summed E-state index contributed by atoms with van der Waals surface area (Å²) in [7, 11) is -3.49. The van der Waals surface area contributed by atoms with Gasteiger partial charge in [0.05, 0.1) is 23.0 Å². The fraction of sp³-hybridized carbons (Fsp3) is 0.350. The molecule has 0 amide bonds. The van der Waals surface area contributed by atoms with Crippen molar-refractivity contribution in [3.05, 3.63) is 42.1 Å². The molecule has 0 N–H and O–H groups in total. The van der Waals surface area contributed by atoms with Gasteiger partial charge in [-0.05, 0) is 25.5 Å². The zero-order valence-electron chi connectivity index (χ0n) is 17.4. The minimum atomic E-state index is -3.49. The Hall–Kier alpha value is -2.92. The van der Waals surface area contributed by atoms with Gasteiger partial charge in [0.1, 0.15) is 28.7 Å². The van der Waals surface area contributed by atoms with Crippen LogP contribution >= 0.6 is 11.3 Å². The normalized spacial score (nSPS) is 15.2. The summed E-state index contributed by atoms with van der Waals surface area (Å²) in [6, 6.07) is 3.82.